The van der Waals surface area contributed by atoms with E-state index >= 15 is 0 Å². The number of aliphatic hydroxyl groups excluding tert-OH is 1. The van der Waals surface area contributed by atoms with Crippen molar-refractivity contribution in [1.82, 2.24) is 0 Å². The van der Waals surface area contributed by atoms with Crippen molar-refractivity contribution in [3.63, 3.8) is 0 Å². The average Bonchev–Trinajstić information content (AvgIpc) is 0.930. The lowest BCUT2D eigenvalue weighted by Crippen LogP contribution is -2.30. The minimum absolute atomic E-state index is 0.0261. The molecule has 0 aliphatic heterocycles. The van der Waals surface area contributed by atoms with Gasteiger partial charge in [-0.3, -0.25) is 37.3 Å². The number of unbranched alkanes of at least 4 members (excludes halogenated alkanes) is 20. The number of hydrogen-bond donors (Lipinski definition) is 3. The van der Waals surface area contributed by atoms with Gasteiger partial charge < -0.3 is 33.8 Å². The molecule has 19 heteroatoms. The molecule has 5 unspecified atom stereocenters. The number of phosphoric ester groups is 2. The molecule has 0 saturated carbocycles. The predicted octanol–water partition coefficient (Wildman–Crippen LogP) is 21.9. The van der Waals surface area contributed by atoms with Crippen molar-refractivity contribution < 1.29 is 80.2 Å². The third kappa shape index (κ3) is 71.3. The average molecular weight is 1440 g/mol. The zero-order valence-electron chi connectivity index (χ0n) is 62.1. The first kappa shape index (κ1) is 94.9. The summed E-state index contributed by atoms with van der Waals surface area (Å²) in [6, 6.07) is 0. The van der Waals surface area contributed by atoms with E-state index in [1.165, 1.54) is 38.5 Å². The van der Waals surface area contributed by atoms with Gasteiger partial charge in [0.1, 0.15) is 19.3 Å². The van der Waals surface area contributed by atoms with Crippen LogP contribution in [-0.2, 0) is 65.4 Å². The van der Waals surface area contributed by atoms with Gasteiger partial charge in [-0.1, -0.05) is 276 Å². The van der Waals surface area contributed by atoms with Gasteiger partial charge in [-0.05, 0) is 128 Å². The van der Waals surface area contributed by atoms with E-state index in [1.54, 1.807) is 0 Å². The van der Waals surface area contributed by atoms with Gasteiger partial charge in [0.05, 0.1) is 26.4 Å². The molecular formula is C81H134O17P2. The molecule has 100 heavy (non-hydrogen) atoms. The van der Waals surface area contributed by atoms with Crippen LogP contribution in [0.5, 0.6) is 0 Å². The lowest BCUT2D eigenvalue weighted by atomic mass is 10.1. The van der Waals surface area contributed by atoms with E-state index < -0.39 is 97.5 Å². The Hall–Kier alpha value is -5.06. The maximum absolute atomic E-state index is 13.1. The standard InChI is InChI=1S/C81H134O17P2/c1-5-9-13-17-21-25-29-32-34-36-37-39-40-43-47-50-54-58-62-66-79(84)92-72-77(98-81(86)68-64-60-56-52-48-44-41-38-35-33-30-26-22-18-14-10-6-2)74-96-100(89,90)94-70-75(82)69-93-99(87,88)95-73-76(97-80(85)67-63-59-55-51-45-28-24-20-16-12-8-4)71-91-78(83)65-61-57-53-49-46-42-31-27-23-19-15-11-7-3/h9-10,13-15,19,21-22,25-27,31-35,37,39,41,43-44,47,54,58,75-77,82H,5-8,11-12,16-18,20,23-24,28-30,36,38,40,42,45-46,48-53,55-57,59-74H2,1-4H3,(H,87,88)(H,89,90)/b13-9-,14-10-,19-15-,25-21-,26-22-,31-27-,34-32-,35-33-,39-37-,44-41-,47-43-,58-54-. The number of hydrogen-bond acceptors (Lipinski definition) is 15. The van der Waals surface area contributed by atoms with Gasteiger partial charge in [-0.15, -0.1) is 0 Å². The molecular weight excluding hydrogens is 1310 g/mol. The molecule has 0 fully saturated rings. The summed E-state index contributed by atoms with van der Waals surface area (Å²) in [6.07, 6.45) is 81.4. The third-order valence-electron chi connectivity index (χ3n) is 15.3. The molecule has 0 spiro atoms. The van der Waals surface area contributed by atoms with Gasteiger partial charge in [0, 0.05) is 25.7 Å². The van der Waals surface area contributed by atoms with E-state index in [1.807, 2.05) is 18.2 Å². The van der Waals surface area contributed by atoms with Crippen LogP contribution in [0.2, 0.25) is 0 Å². The Labute approximate surface area is 605 Å². The molecule has 0 aromatic carbocycles. The molecule has 0 bridgehead atoms. The summed E-state index contributed by atoms with van der Waals surface area (Å²) < 4.78 is 68.3. The monoisotopic (exact) mass is 1440 g/mol. The molecule has 0 saturated heterocycles. The van der Waals surface area contributed by atoms with Crippen molar-refractivity contribution in [3.8, 4) is 0 Å². The van der Waals surface area contributed by atoms with Crippen molar-refractivity contribution in [2.24, 2.45) is 0 Å². The molecule has 0 heterocycles. The SMILES string of the molecule is CC/C=C\C/C=C\C/C=C\C/C=C\C/C=C\C/C=C\CCC(=O)OCC(COP(=O)(O)OCC(O)COP(=O)(O)OCC(COC(=O)CCCCCCC/C=C\C/C=C\CCC)OC(=O)CCCCCCCCCCCCC)OC(=O)CCCCCC/C=C\C/C=C\C/C=C\C/C=C\CC. The highest BCUT2D eigenvalue weighted by atomic mass is 31.2. The van der Waals surface area contributed by atoms with Crippen molar-refractivity contribution in [2.45, 2.75) is 303 Å². The summed E-state index contributed by atoms with van der Waals surface area (Å²) in [5.74, 6) is -2.32. The summed E-state index contributed by atoms with van der Waals surface area (Å²) in [4.78, 5) is 72.8. The number of ether oxygens (including phenoxy) is 4. The normalized spacial score (nSPS) is 14.8. The van der Waals surface area contributed by atoms with Gasteiger partial charge in [0.25, 0.3) is 0 Å². The Bertz CT molecular complexity index is 2470. The number of phosphoric acid groups is 2. The molecule has 5 atom stereocenters. The number of allylic oxidation sites excluding steroid dienone is 24. The first-order chi connectivity index (χ1) is 48.7. The number of carbonyl (C=O) groups excluding carboxylic acids is 4. The Kier molecular flexibility index (Phi) is 68.6. The van der Waals surface area contributed by atoms with Crippen LogP contribution in [0.25, 0.3) is 0 Å². The Morgan fingerprint density at radius 3 is 0.900 bits per heavy atom. The van der Waals surface area contributed by atoms with Gasteiger partial charge in [0.15, 0.2) is 12.2 Å². The summed E-state index contributed by atoms with van der Waals surface area (Å²) in [5, 5.41) is 10.6. The smallest absolute Gasteiger partial charge is 0.462 e. The van der Waals surface area contributed by atoms with Crippen molar-refractivity contribution in [2.75, 3.05) is 39.6 Å². The van der Waals surface area contributed by atoms with Crippen molar-refractivity contribution in [3.05, 3.63) is 146 Å². The highest BCUT2D eigenvalue weighted by Gasteiger charge is 2.30. The van der Waals surface area contributed by atoms with Crippen LogP contribution in [0.1, 0.15) is 285 Å². The predicted molar refractivity (Wildman–Crippen MR) is 408 cm³/mol. The van der Waals surface area contributed by atoms with Crippen LogP contribution in [0.3, 0.4) is 0 Å². The molecule has 0 rings (SSSR count). The Balaban J connectivity index is 5.44. The van der Waals surface area contributed by atoms with E-state index in [0.29, 0.717) is 32.1 Å². The molecule has 0 aromatic rings. The van der Waals surface area contributed by atoms with Gasteiger partial charge in [-0.25, -0.2) is 9.13 Å². The summed E-state index contributed by atoms with van der Waals surface area (Å²) in [6.45, 7) is 4.43. The van der Waals surface area contributed by atoms with E-state index in [2.05, 4.69) is 155 Å². The molecule has 3 N–H and O–H groups in total. The fourth-order valence-corrected chi connectivity index (χ4v) is 11.1. The highest BCUT2D eigenvalue weighted by Crippen LogP contribution is 2.45. The van der Waals surface area contributed by atoms with E-state index in [4.69, 9.17) is 37.0 Å². The molecule has 0 aromatic heterocycles. The first-order valence-corrected chi connectivity index (χ1v) is 41.1. The van der Waals surface area contributed by atoms with Crippen LogP contribution in [-0.4, -0.2) is 96.7 Å². The molecule has 0 aliphatic rings. The molecule has 0 amide bonds. The Morgan fingerprint density at radius 2 is 0.560 bits per heavy atom. The quantitative estimate of drug-likeness (QED) is 0.0169. The highest BCUT2D eigenvalue weighted by molar-refractivity contribution is 7.47. The largest absolute Gasteiger partial charge is 0.472 e. The van der Waals surface area contributed by atoms with Crippen LogP contribution >= 0.6 is 15.6 Å². The van der Waals surface area contributed by atoms with Gasteiger partial charge in [-0.2, -0.15) is 0 Å². The van der Waals surface area contributed by atoms with Crippen LogP contribution < -0.4 is 0 Å². The summed E-state index contributed by atoms with van der Waals surface area (Å²) in [5.41, 5.74) is 0. The maximum atomic E-state index is 13.1. The van der Waals surface area contributed by atoms with Crippen molar-refractivity contribution in [1.29, 1.82) is 0 Å². The minimum Gasteiger partial charge on any atom is -0.462 e. The van der Waals surface area contributed by atoms with Crippen LogP contribution in [0.15, 0.2) is 146 Å². The minimum atomic E-state index is -5.00. The second kappa shape index (κ2) is 72.3. The number of carbonyl (C=O) groups is 4. The topological polar surface area (TPSA) is 237 Å². The van der Waals surface area contributed by atoms with E-state index in [9.17, 15) is 43.2 Å². The lowest BCUT2D eigenvalue weighted by Gasteiger charge is -2.21. The lowest BCUT2D eigenvalue weighted by molar-refractivity contribution is -0.161. The van der Waals surface area contributed by atoms with Gasteiger partial charge in [0.2, 0.25) is 0 Å². The number of aliphatic hydroxyl groups is 1. The molecule has 570 valence electrons. The summed E-state index contributed by atoms with van der Waals surface area (Å²) >= 11 is 0. The van der Waals surface area contributed by atoms with Gasteiger partial charge >= 0.3 is 39.5 Å². The Morgan fingerprint density at radius 1 is 0.290 bits per heavy atom. The van der Waals surface area contributed by atoms with E-state index in [0.717, 1.165) is 161 Å². The third-order valence-corrected chi connectivity index (χ3v) is 17.2. The molecule has 0 radical (unpaired) electrons. The van der Waals surface area contributed by atoms with Crippen LogP contribution in [0.4, 0.5) is 0 Å². The second-order valence-corrected chi connectivity index (χ2v) is 27.7. The van der Waals surface area contributed by atoms with E-state index in [-0.39, 0.29) is 25.7 Å². The zero-order valence-corrected chi connectivity index (χ0v) is 63.9. The van der Waals surface area contributed by atoms with Crippen LogP contribution in [0, 0.1) is 0 Å². The molecule has 0 aliphatic carbocycles. The second-order valence-electron chi connectivity index (χ2n) is 24.8. The first-order valence-electron chi connectivity index (χ1n) is 38.1. The number of esters is 4. The molecule has 17 nitrogen and oxygen atoms in total. The summed E-state index contributed by atoms with van der Waals surface area (Å²) in [7, 11) is -9.98. The zero-order chi connectivity index (χ0) is 73.2. The van der Waals surface area contributed by atoms with Crippen molar-refractivity contribution >= 4 is 39.5 Å². The maximum Gasteiger partial charge on any atom is 0.472 e. The fraction of sp³-hybridized carbons (Fsp3) is 0.654. The number of rotatable bonds is 70. The fourth-order valence-electron chi connectivity index (χ4n) is 9.57.